The molecule has 0 heterocycles. The van der Waals surface area contributed by atoms with Crippen LogP contribution in [-0.4, -0.2) is 5.78 Å². The Morgan fingerprint density at radius 1 is 1.35 bits per heavy atom. The van der Waals surface area contributed by atoms with Crippen LogP contribution in [0.1, 0.15) is 53.4 Å². The van der Waals surface area contributed by atoms with Gasteiger partial charge in [0, 0.05) is 17.2 Å². The number of nitrogens with one attached hydrogen (secondary N) is 1. The van der Waals surface area contributed by atoms with E-state index in [-0.39, 0.29) is 11.7 Å². The molecule has 0 spiro atoms. The number of hydrogen-bond donors (Lipinski definition) is 1. The molecule has 0 aromatic carbocycles. The fourth-order valence-corrected chi connectivity index (χ4v) is 2.51. The van der Waals surface area contributed by atoms with E-state index < -0.39 is 0 Å². The number of hydrogen-bond acceptors (Lipinski definition) is 2. The standard InChI is InChI=1S/C21H31NO/c1-7-18(6)22-13-9-8-10-16(4)19-11-12-20(17(5)14-19)21(23)15(2)3/h9,11-13,15-16,22H,5-8,10,14H2,1-4H3/b13-9+. The first-order valence-electron chi connectivity index (χ1n) is 8.59. The Morgan fingerprint density at radius 3 is 2.61 bits per heavy atom. The third-order valence-electron chi connectivity index (χ3n) is 4.28. The summed E-state index contributed by atoms with van der Waals surface area (Å²) < 4.78 is 0. The maximum absolute atomic E-state index is 12.1. The van der Waals surface area contributed by atoms with Gasteiger partial charge >= 0.3 is 0 Å². The highest BCUT2D eigenvalue weighted by Crippen LogP contribution is 2.31. The Bertz CT molecular complexity index is 546. The number of carbonyl (C=O) groups is 1. The number of rotatable bonds is 9. The zero-order chi connectivity index (χ0) is 17.4. The van der Waals surface area contributed by atoms with E-state index in [9.17, 15) is 4.79 Å². The second kappa shape index (κ2) is 9.34. The molecule has 1 N–H and O–H groups in total. The van der Waals surface area contributed by atoms with E-state index in [2.05, 4.69) is 44.5 Å². The molecule has 1 aliphatic rings. The van der Waals surface area contributed by atoms with Crippen LogP contribution in [0.4, 0.5) is 0 Å². The Labute approximate surface area is 141 Å². The van der Waals surface area contributed by atoms with Gasteiger partial charge in [0.1, 0.15) is 0 Å². The molecule has 0 radical (unpaired) electrons. The van der Waals surface area contributed by atoms with Gasteiger partial charge in [0.2, 0.25) is 0 Å². The maximum Gasteiger partial charge on any atom is 0.165 e. The van der Waals surface area contributed by atoms with Gasteiger partial charge in [-0.15, -0.1) is 0 Å². The van der Waals surface area contributed by atoms with Crippen molar-refractivity contribution in [3.05, 3.63) is 60.0 Å². The van der Waals surface area contributed by atoms with Crippen LogP contribution in [0.2, 0.25) is 0 Å². The highest BCUT2D eigenvalue weighted by Gasteiger charge is 2.21. The summed E-state index contributed by atoms with van der Waals surface area (Å²) in [6, 6.07) is 0. The molecule has 0 amide bonds. The molecule has 1 rings (SSSR count). The summed E-state index contributed by atoms with van der Waals surface area (Å²) >= 11 is 0. The summed E-state index contributed by atoms with van der Waals surface area (Å²) in [7, 11) is 0. The van der Waals surface area contributed by atoms with Gasteiger partial charge in [-0.2, -0.15) is 0 Å². The van der Waals surface area contributed by atoms with Crippen LogP contribution in [0.15, 0.2) is 60.0 Å². The minimum absolute atomic E-state index is 0.0286. The van der Waals surface area contributed by atoms with Gasteiger partial charge in [-0.1, -0.05) is 64.7 Å². The summed E-state index contributed by atoms with van der Waals surface area (Å²) in [6.07, 6.45) is 12.1. The van der Waals surface area contributed by atoms with Crippen molar-refractivity contribution in [1.29, 1.82) is 0 Å². The first-order valence-corrected chi connectivity index (χ1v) is 8.59. The molecule has 0 fully saturated rings. The van der Waals surface area contributed by atoms with Crippen LogP contribution >= 0.6 is 0 Å². The summed E-state index contributed by atoms with van der Waals surface area (Å²) in [5.74, 6) is 0.724. The van der Waals surface area contributed by atoms with E-state index in [1.165, 1.54) is 5.57 Å². The van der Waals surface area contributed by atoms with Crippen molar-refractivity contribution in [3.8, 4) is 0 Å². The van der Waals surface area contributed by atoms with Gasteiger partial charge in [0.25, 0.3) is 0 Å². The third kappa shape index (κ3) is 6.05. The van der Waals surface area contributed by atoms with Gasteiger partial charge in [0.05, 0.1) is 0 Å². The van der Waals surface area contributed by atoms with Crippen LogP contribution in [0.25, 0.3) is 0 Å². The van der Waals surface area contributed by atoms with Crippen molar-refractivity contribution in [2.75, 3.05) is 0 Å². The summed E-state index contributed by atoms with van der Waals surface area (Å²) in [5.41, 5.74) is 4.17. The average molecular weight is 313 g/mol. The molecule has 126 valence electrons. The molecule has 1 atom stereocenters. The average Bonchev–Trinajstić information content (AvgIpc) is 2.53. The molecule has 2 heteroatoms. The highest BCUT2D eigenvalue weighted by molar-refractivity contribution is 6.01. The minimum atomic E-state index is 0.0286. The Balaban J connectivity index is 2.55. The lowest BCUT2D eigenvalue weighted by Gasteiger charge is -2.22. The lowest BCUT2D eigenvalue weighted by atomic mass is 9.82. The Morgan fingerprint density at radius 2 is 2.04 bits per heavy atom. The zero-order valence-corrected chi connectivity index (χ0v) is 15.1. The van der Waals surface area contributed by atoms with Crippen molar-refractivity contribution in [3.63, 3.8) is 0 Å². The summed E-state index contributed by atoms with van der Waals surface area (Å²) in [4.78, 5) is 12.1. The Kier molecular flexibility index (Phi) is 7.80. The number of allylic oxidation sites excluding steroid dienone is 7. The molecule has 2 nitrogen and oxygen atoms in total. The second-order valence-electron chi connectivity index (χ2n) is 6.60. The predicted octanol–water partition coefficient (Wildman–Crippen LogP) is 5.47. The van der Waals surface area contributed by atoms with Gasteiger partial charge < -0.3 is 5.32 Å². The molecule has 0 aromatic heterocycles. The van der Waals surface area contributed by atoms with Crippen molar-refractivity contribution in [2.45, 2.75) is 53.4 Å². The number of Topliss-reactive ketones (excluding diaryl/α,β-unsaturated/α-hetero) is 1. The first-order chi connectivity index (χ1) is 10.9. The van der Waals surface area contributed by atoms with Gasteiger partial charge in [0.15, 0.2) is 5.78 Å². The largest absolute Gasteiger partial charge is 0.366 e. The molecule has 0 saturated heterocycles. The van der Waals surface area contributed by atoms with Crippen LogP contribution < -0.4 is 5.32 Å². The molecular weight excluding hydrogens is 282 g/mol. The van der Waals surface area contributed by atoms with Crippen LogP contribution in [0.3, 0.4) is 0 Å². The molecule has 23 heavy (non-hydrogen) atoms. The van der Waals surface area contributed by atoms with Crippen LogP contribution in [-0.2, 0) is 4.79 Å². The van der Waals surface area contributed by atoms with E-state index in [1.54, 1.807) is 0 Å². The highest BCUT2D eigenvalue weighted by atomic mass is 16.1. The van der Waals surface area contributed by atoms with E-state index in [0.717, 1.165) is 42.5 Å². The lowest BCUT2D eigenvalue weighted by molar-refractivity contribution is -0.118. The third-order valence-corrected chi connectivity index (χ3v) is 4.28. The van der Waals surface area contributed by atoms with Gasteiger partial charge in [-0.25, -0.2) is 0 Å². The molecule has 0 aliphatic heterocycles. The molecule has 1 aliphatic carbocycles. The number of ketones is 1. The lowest BCUT2D eigenvalue weighted by Crippen LogP contribution is -2.15. The fourth-order valence-electron chi connectivity index (χ4n) is 2.51. The smallest absolute Gasteiger partial charge is 0.165 e. The summed E-state index contributed by atoms with van der Waals surface area (Å²) in [6.45, 7) is 16.2. The SMILES string of the molecule is C=C(CC)N/C=C/CCC(C)C1=CC=C(C(=O)C(C)C)C(=C)C1. The topological polar surface area (TPSA) is 29.1 Å². The van der Waals surface area contributed by atoms with E-state index in [1.807, 2.05) is 26.1 Å². The van der Waals surface area contributed by atoms with Crippen molar-refractivity contribution >= 4 is 5.78 Å². The first kappa shape index (κ1) is 19.2. The van der Waals surface area contributed by atoms with Gasteiger partial charge in [-0.3, -0.25) is 4.79 Å². The Hall–Kier alpha value is -1.83. The van der Waals surface area contributed by atoms with Crippen molar-refractivity contribution < 1.29 is 4.79 Å². The van der Waals surface area contributed by atoms with Crippen molar-refractivity contribution in [2.24, 2.45) is 11.8 Å². The zero-order valence-electron chi connectivity index (χ0n) is 15.1. The minimum Gasteiger partial charge on any atom is -0.366 e. The van der Waals surface area contributed by atoms with Crippen molar-refractivity contribution in [1.82, 2.24) is 5.32 Å². The molecule has 0 bridgehead atoms. The maximum atomic E-state index is 12.1. The van der Waals surface area contributed by atoms with Crippen LogP contribution in [0.5, 0.6) is 0 Å². The van der Waals surface area contributed by atoms with E-state index >= 15 is 0 Å². The summed E-state index contributed by atoms with van der Waals surface area (Å²) in [5, 5.41) is 3.17. The second-order valence-corrected chi connectivity index (χ2v) is 6.60. The predicted molar refractivity (Wildman–Crippen MR) is 99.9 cm³/mol. The normalized spacial score (nSPS) is 16.3. The fraction of sp³-hybridized carbons (Fsp3) is 0.476. The van der Waals surface area contributed by atoms with E-state index in [4.69, 9.17) is 0 Å². The monoisotopic (exact) mass is 313 g/mol. The van der Waals surface area contributed by atoms with Gasteiger partial charge in [-0.05, 0) is 43.4 Å². The number of carbonyl (C=O) groups excluding carboxylic acids is 1. The molecule has 0 aromatic rings. The molecule has 0 saturated carbocycles. The quantitative estimate of drug-likeness (QED) is 0.611. The molecular formula is C21H31NO. The van der Waals surface area contributed by atoms with Crippen LogP contribution in [0, 0.1) is 11.8 Å². The van der Waals surface area contributed by atoms with E-state index in [0.29, 0.717) is 5.92 Å². The molecule has 1 unspecified atom stereocenters.